The van der Waals surface area contributed by atoms with Crippen molar-refractivity contribution in [3.8, 4) is 0 Å². The van der Waals surface area contributed by atoms with Crippen LogP contribution < -0.4 is 5.32 Å². The van der Waals surface area contributed by atoms with Crippen LogP contribution in [0.1, 0.15) is 60.3 Å². The van der Waals surface area contributed by atoms with Crippen molar-refractivity contribution in [2.45, 2.75) is 71.4 Å². The molecular weight excluding hydrogens is 190 g/mol. The average molecular weight is 215 g/mol. The molecule has 0 aromatic carbocycles. The number of nitrogens with one attached hydrogen (secondary N) is 1. The Morgan fingerprint density at radius 3 is 1.73 bits per heavy atom. The maximum Gasteiger partial charge on any atom is 0.323 e. The lowest BCUT2D eigenvalue weighted by molar-refractivity contribution is -0.146. The van der Waals surface area contributed by atoms with E-state index in [0.29, 0.717) is 12.8 Å². The van der Waals surface area contributed by atoms with Crippen molar-refractivity contribution in [2.24, 2.45) is 0 Å². The molecule has 0 aliphatic rings. The van der Waals surface area contributed by atoms with Gasteiger partial charge in [-0.25, -0.2) is 0 Å². The summed E-state index contributed by atoms with van der Waals surface area (Å²) < 4.78 is 0. The highest BCUT2D eigenvalue weighted by molar-refractivity contribution is 5.78. The minimum Gasteiger partial charge on any atom is -0.480 e. The Balaban J connectivity index is 4.86. The average Bonchev–Trinajstić information content (AvgIpc) is 2.01. The molecule has 0 fully saturated rings. The van der Waals surface area contributed by atoms with Crippen LogP contribution in [-0.2, 0) is 4.79 Å². The summed E-state index contributed by atoms with van der Waals surface area (Å²) in [6.45, 7) is 10.1. The molecule has 0 unspecified atom stereocenters. The second kappa shape index (κ2) is 5.50. The summed E-state index contributed by atoms with van der Waals surface area (Å²) in [6.07, 6.45) is 3.14. The van der Waals surface area contributed by atoms with Crippen molar-refractivity contribution in [2.75, 3.05) is 0 Å². The van der Waals surface area contributed by atoms with E-state index in [2.05, 4.69) is 5.32 Å². The Labute approximate surface area is 93.3 Å². The van der Waals surface area contributed by atoms with Gasteiger partial charge in [0.05, 0.1) is 0 Å². The Morgan fingerprint density at radius 1 is 1.13 bits per heavy atom. The molecule has 0 saturated carbocycles. The number of hydrogen-bond donors (Lipinski definition) is 2. The van der Waals surface area contributed by atoms with Crippen molar-refractivity contribution < 1.29 is 9.90 Å². The second-order valence-corrected chi connectivity index (χ2v) is 5.26. The zero-order chi connectivity index (χ0) is 12.1. The number of rotatable bonds is 6. The molecule has 2 N–H and O–H groups in total. The van der Waals surface area contributed by atoms with E-state index in [9.17, 15) is 9.90 Å². The molecular formula is C12H25NO2. The summed E-state index contributed by atoms with van der Waals surface area (Å²) in [4.78, 5) is 11.4. The molecule has 0 aliphatic carbocycles. The Bertz CT molecular complexity index is 200. The van der Waals surface area contributed by atoms with Gasteiger partial charge in [-0.15, -0.1) is 0 Å². The lowest BCUT2D eigenvalue weighted by atomic mass is 9.86. The van der Waals surface area contributed by atoms with Gasteiger partial charge < -0.3 is 5.11 Å². The van der Waals surface area contributed by atoms with Gasteiger partial charge in [0.15, 0.2) is 0 Å². The van der Waals surface area contributed by atoms with Crippen molar-refractivity contribution in [3.63, 3.8) is 0 Å². The van der Waals surface area contributed by atoms with Crippen LogP contribution in [0.25, 0.3) is 0 Å². The van der Waals surface area contributed by atoms with Crippen LogP contribution in [-0.4, -0.2) is 22.2 Å². The minimum absolute atomic E-state index is 0.164. The molecule has 3 nitrogen and oxygen atoms in total. The molecule has 0 amide bonds. The molecule has 0 rings (SSSR count). The largest absolute Gasteiger partial charge is 0.480 e. The fourth-order valence-corrected chi connectivity index (χ4v) is 2.09. The first-order valence-corrected chi connectivity index (χ1v) is 5.80. The van der Waals surface area contributed by atoms with Crippen LogP contribution in [0.5, 0.6) is 0 Å². The summed E-state index contributed by atoms with van der Waals surface area (Å²) in [7, 11) is 0. The fraction of sp³-hybridized carbons (Fsp3) is 0.917. The van der Waals surface area contributed by atoms with Crippen LogP contribution in [0, 0.1) is 0 Å². The van der Waals surface area contributed by atoms with Gasteiger partial charge >= 0.3 is 5.97 Å². The lowest BCUT2D eigenvalue weighted by Crippen LogP contribution is -2.58. The predicted octanol–water partition coefficient (Wildman–Crippen LogP) is 2.80. The normalized spacial score (nSPS) is 12.9. The molecule has 0 spiro atoms. The Morgan fingerprint density at radius 2 is 1.53 bits per heavy atom. The lowest BCUT2D eigenvalue weighted by Gasteiger charge is -2.37. The highest BCUT2D eigenvalue weighted by atomic mass is 16.4. The van der Waals surface area contributed by atoms with Crippen molar-refractivity contribution in [3.05, 3.63) is 0 Å². The molecule has 90 valence electrons. The summed E-state index contributed by atoms with van der Waals surface area (Å²) in [5.41, 5.74) is -0.912. The first-order chi connectivity index (χ1) is 6.77. The van der Waals surface area contributed by atoms with Crippen molar-refractivity contribution in [1.29, 1.82) is 0 Å². The molecule has 0 bridgehead atoms. The third-order valence-corrected chi connectivity index (χ3v) is 2.38. The molecule has 0 heterocycles. The quantitative estimate of drug-likeness (QED) is 0.716. The zero-order valence-corrected chi connectivity index (χ0v) is 10.7. The third-order valence-electron chi connectivity index (χ3n) is 2.38. The fourth-order valence-electron chi connectivity index (χ4n) is 2.09. The van der Waals surface area contributed by atoms with Crippen LogP contribution in [0.2, 0.25) is 0 Å². The van der Waals surface area contributed by atoms with Crippen LogP contribution in [0.4, 0.5) is 0 Å². The maximum atomic E-state index is 11.4. The molecule has 0 radical (unpaired) electrons. The maximum absolute atomic E-state index is 11.4. The van der Waals surface area contributed by atoms with Gasteiger partial charge in [-0.05, 0) is 33.6 Å². The standard InChI is InChI=1S/C12H25NO2/c1-6-8-12(9-7-2,10(14)15)13-11(3,4)5/h13H,6-9H2,1-5H3,(H,14,15). The van der Waals surface area contributed by atoms with E-state index >= 15 is 0 Å². The van der Waals surface area contributed by atoms with E-state index in [4.69, 9.17) is 0 Å². The monoisotopic (exact) mass is 215 g/mol. The van der Waals surface area contributed by atoms with Crippen molar-refractivity contribution >= 4 is 5.97 Å². The number of carboxylic acid groups (broad SMARTS) is 1. The molecule has 0 saturated heterocycles. The molecule has 0 aromatic heterocycles. The molecule has 0 atom stereocenters. The Kier molecular flexibility index (Phi) is 5.29. The number of aliphatic carboxylic acids is 1. The zero-order valence-electron chi connectivity index (χ0n) is 10.7. The van der Waals surface area contributed by atoms with Gasteiger partial charge in [-0.3, -0.25) is 10.1 Å². The number of carboxylic acids is 1. The van der Waals surface area contributed by atoms with Crippen LogP contribution in [0.15, 0.2) is 0 Å². The summed E-state index contributed by atoms with van der Waals surface area (Å²) >= 11 is 0. The van der Waals surface area contributed by atoms with E-state index in [1.54, 1.807) is 0 Å². The van der Waals surface area contributed by atoms with Crippen LogP contribution in [0.3, 0.4) is 0 Å². The SMILES string of the molecule is CCCC(CCC)(NC(C)(C)C)C(=O)O. The minimum atomic E-state index is -0.748. The Hall–Kier alpha value is -0.570. The van der Waals surface area contributed by atoms with E-state index in [-0.39, 0.29) is 5.54 Å². The van der Waals surface area contributed by atoms with Gasteiger partial charge in [0.2, 0.25) is 0 Å². The molecule has 0 aliphatic heterocycles. The second-order valence-electron chi connectivity index (χ2n) is 5.26. The van der Waals surface area contributed by atoms with Gasteiger partial charge in [-0.2, -0.15) is 0 Å². The topological polar surface area (TPSA) is 49.3 Å². The molecule has 15 heavy (non-hydrogen) atoms. The third kappa shape index (κ3) is 4.65. The van der Waals surface area contributed by atoms with Crippen LogP contribution >= 0.6 is 0 Å². The first-order valence-electron chi connectivity index (χ1n) is 5.80. The highest BCUT2D eigenvalue weighted by Gasteiger charge is 2.39. The van der Waals surface area contributed by atoms with Gasteiger partial charge in [0.25, 0.3) is 0 Å². The highest BCUT2D eigenvalue weighted by Crippen LogP contribution is 2.23. The van der Waals surface area contributed by atoms with Gasteiger partial charge in [0.1, 0.15) is 5.54 Å². The van der Waals surface area contributed by atoms with E-state index in [1.165, 1.54) is 0 Å². The summed E-state index contributed by atoms with van der Waals surface area (Å²) in [5.74, 6) is -0.721. The first kappa shape index (κ1) is 14.4. The van der Waals surface area contributed by atoms with E-state index < -0.39 is 11.5 Å². The number of hydrogen-bond acceptors (Lipinski definition) is 2. The van der Waals surface area contributed by atoms with Gasteiger partial charge in [-0.1, -0.05) is 26.7 Å². The smallest absolute Gasteiger partial charge is 0.323 e. The molecule has 0 aromatic rings. The van der Waals surface area contributed by atoms with E-state index in [0.717, 1.165) is 12.8 Å². The summed E-state index contributed by atoms with van der Waals surface area (Å²) in [5, 5.41) is 12.7. The van der Waals surface area contributed by atoms with Gasteiger partial charge in [0, 0.05) is 5.54 Å². The predicted molar refractivity (Wildman–Crippen MR) is 63.1 cm³/mol. The van der Waals surface area contributed by atoms with Crippen molar-refractivity contribution in [1.82, 2.24) is 5.32 Å². The van der Waals surface area contributed by atoms with E-state index in [1.807, 2.05) is 34.6 Å². The number of carbonyl (C=O) groups is 1. The molecule has 3 heteroatoms. The summed E-state index contributed by atoms with van der Waals surface area (Å²) in [6, 6.07) is 0.